The molecule has 1 atom stereocenters. The normalized spacial score (nSPS) is 11.7. The van der Waals surface area contributed by atoms with Crippen molar-refractivity contribution < 1.29 is 5.11 Å². The number of benzene rings is 1. The van der Waals surface area contributed by atoms with Crippen LogP contribution in [-0.2, 0) is 0 Å². The van der Waals surface area contributed by atoms with Crippen molar-refractivity contribution in [2.45, 2.75) is 19.4 Å². The van der Waals surface area contributed by atoms with Crippen molar-refractivity contribution in [1.29, 1.82) is 0 Å². The van der Waals surface area contributed by atoms with Gasteiger partial charge in [0, 0.05) is 21.5 Å². The molecule has 1 aromatic rings. The molecule has 14 heavy (non-hydrogen) atoms. The molecule has 1 rings (SSSR count). The van der Waals surface area contributed by atoms with Crippen LogP contribution in [0.25, 0.3) is 0 Å². The summed E-state index contributed by atoms with van der Waals surface area (Å²) in [6.45, 7) is 1.75. The van der Waals surface area contributed by atoms with Crippen molar-refractivity contribution in [3.8, 4) is 11.8 Å². The minimum atomic E-state index is -0.608. The lowest BCUT2D eigenvalue weighted by atomic mass is 10.1. The third kappa shape index (κ3) is 3.02. The summed E-state index contributed by atoms with van der Waals surface area (Å²) >= 11 is 9.27. The average molecular weight is 274 g/mol. The first-order valence-electron chi connectivity index (χ1n) is 4.17. The predicted molar refractivity (Wildman–Crippen MR) is 62.2 cm³/mol. The summed E-state index contributed by atoms with van der Waals surface area (Å²) < 4.78 is 0.903. The van der Waals surface area contributed by atoms with E-state index in [1.807, 2.05) is 6.07 Å². The summed E-state index contributed by atoms with van der Waals surface area (Å²) in [7, 11) is 0. The molecule has 0 bridgehead atoms. The van der Waals surface area contributed by atoms with Crippen LogP contribution >= 0.6 is 27.5 Å². The summed E-state index contributed by atoms with van der Waals surface area (Å²) in [5.74, 6) is 5.55. The lowest BCUT2D eigenvalue weighted by Crippen LogP contribution is -1.96. The van der Waals surface area contributed by atoms with E-state index >= 15 is 0 Å². The Balaban J connectivity index is 2.88. The lowest BCUT2D eigenvalue weighted by Gasteiger charge is -2.09. The van der Waals surface area contributed by atoms with E-state index in [2.05, 4.69) is 27.8 Å². The molecule has 0 aliphatic rings. The van der Waals surface area contributed by atoms with Gasteiger partial charge in [-0.1, -0.05) is 33.6 Å². The second kappa shape index (κ2) is 5.41. The topological polar surface area (TPSA) is 20.2 Å². The van der Waals surface area contributed by atoms with Crippen LogP contribution in [-0.4, -0.2) is 5.11 Å². The Kier molecular flexibility index (Phi) is 4.47. The molecule has 1 nitrogen and oxygen atoms in total. The molecule has 0 radical (unpaired) electrons. The van der Waals surface area contributed by atoms with Gasteiger partial charge in [-0.15, -0.1) is 11.8 Å². The van der Waals surface area contributed by atoms with Crippen molar-refractivity contribution in [3.63, 3.8) is 0 Å². The fourth-order valence-corrected chi connectivity index (χ4v) is 1.88. The summed E-state index contributed by atoms with van der Waals surface area (Å²) in [6, 6.07) is 5.41. The number of halogens is 2. The van der Waals surface area contributed by atoms with E-state index < -0.39 is 6.10 Å². The largest absolute Gasteiger partial charge is 0.387 e. The maximum Gasteiger partial charge on any atom is 0.0913 e. The molecule has 0 spiro atoms. The molecule has 1 aromatic carbocycles. The highest BCUT2D eigenvalue weighted by molar-refractivity contribution is 9.10. The molecule has 0 fully saturated rings. The molecule has 0 aromatic heterocycles. The number of hydrogen-bond donors (Lipinski definition) is 1. The smallest absolute Gasteiger partial charge is 0.0913 e. The zero-order chi connectivity index (χ0) is 10.6. The first kappa shape index (κ1) is 11.6. The van der Waals surface area contributed by atoms with E-state index in [0.717, 1.165) is 10.0 Å². The Morgan fingerprint density at radius 2 is 2.29 bits per heavy atom. The van der Waals surface area contributed by atoms with Gasteiger partial charge in [0.05, 0.1) is 6.10 Å². The quantitative estimate of drug-likeness (QED) is 0.817. The first-order valence-corrected chi connectivity index (χ1v) is 5.35. The minimum Gasteiger partial charge on any atom is -0.387 e. The second-order valence-electron chi connectivity index (χ2n) is 2.81. The molecule has 1 N–H and O–H groups in total. The molecule has 0 heterocycles. The van der Waals surface area contributed by atoms with E-state index in [1.165, 1.54) is 0 Å². The highest BCUT2D eigenvalue weighted by atomic mass is 79.9. The molecule has 0 aliphatic carbocycles. The highest BCUT2D eigenvalue weighted by Gasteiger charge is 2.09. The molecule has 0 saturated heterocycles. The zero-order valence-corrected chi connectivity index (χ0v) is 10.1. The summed E-state index contributed by atoms with van der Waals surface area (Å²) in [4.78, 5) is 0. The minimum absolute atomic E-state index is 0.415. The van der Waals surface area contributed by atoms with Crippen molar-refractivity contribution in [2.75, 3.05) is 0 Å². The van der Waals surface area contributed by atoms with Crippen molar-refractivity contribution >= 4 is 27.5 Å². The van der Waals surface area contributed by atoms with Gasteiger partial charge in [-0.05, 0) is 19.1 Å². The van der Waals surface area contributed by atoms with Crippen molar-refractivity contribution in [3.05, 3.63) is 33.3 Å². The molecule has 0 aliphatic heterocycles. The van der Waals surface area contributed by atoms with Gasteiger partial charge in [0.2, 0.25) is 0 Å². The third-order valence-electron chi connectivity index (χ3n) is 1.79. The van der Waals surface area contributed by atoms with Crippen LogP contribution in [0.15, 0.2) is 22.7 Å². The fraction of sp³-hybridized carbons (Fsp3) is 0.273. The van der Waals surface area contributed by atoms with E-state index in [9.17, 15) is 5.11 Å². The van der Waals surface area contributed by atoms with Crippen LogP contribution in [0.4, 0.5) is 0 Å². The maximum atomic E-state index is 9.72. The van der Waals surface area contributed by atoms with Gasteiger partial charge in [-0.2, -0.15) is 0 Å². The number of hydrogen-bond acceptors (Lipinski definition) is 1. The van der Waals surface area contributed by atoms with Crippen LogP contribution in [0.2, 0.25) is 5.02 Å². The summed E-state index contributed by atoms with van der Waals surface area (Å²) in [6.07, 6.45) is -0.194. The predicted octanol–water partition coefficient (Wildman–Crippen LogP) is 3.55. The van der Waals surface area contributed by atoms with Gasteiger partial charge in [0.25, 0.3) is 0 Å². The SMILES string of the molecule is CC#CCC(O)c1ccc(Br)cc1Cl. The Morgan fingerprint density at radius 1 is 1.57 bits per heavy atom. The molecule has 74 valence electrons. The summed E-state index contributed by atoms with van der Waals surface area (Å²) in [5.41, 5.74) is 0.720. The highest BCUT2D eigenvalue weighted by Crippen LogP contribution is 2.27. The number of rotatable bonds is 2. The second-order valence-corrected chi connectivity index (χ2v) is 4.14. The van der Waals surface area contributed by atoms with E-state index in [1.54, 1.807) is 19.1 Å². The monoisotopic (exact) mass is 272 g/mol. The van der Waals surface area contributed by atoms with Crippen LogP contribution in [0, 0.1) is 11.8 Å². The number of aliphatic hydroxyl groups excluding tert-OH is 1. The lowest BCUT2D eigenvalue weighted by molar-refractivity contribution is 0.184. The Morgan fingerprint density at radius 3 is 2.86 bits per heavy atom. The first-order chi connectivity index (χ1) is 6.65. The molecule has 3 heteroatoms. The summed E-state index contributed by atoms with van der Waals surface area (Å²) in [5, 5.41) is 10.3. The van der Waals surface area contributed by atoms with Crippen LogP contribution < -0.4 is 0 Å². The molecular formula is C11H10BrClO. The number of aliphatic hydroxyl groups is 1. The Labute approximate surface area is 97.2 Å². The van der Waals surface area contributed by atoms with Crippen LogP contribution in [0.3, 0.4) is 0 Å². The molecular weight excluding hydrogens is 263 g/mol. The van der Waals surface area contributed by atoms with E-state index in [-0.39, 0.29) is 0 Å². The van der Waals surface area contributed by atoms with E-state index in [4.69, 9.17) is 11.6 Å². The zero-order valence-electron chi connectivity index (χ0n) is 7.72. The van der Waals surface area contributed by atoms with Crippen molar-refractivity contribution in [2.24, 2.45) is 0 Å². The van der Waals surface area contributed by atoms with Gasteiger partial charge < -0.3 is 5.11 Å². The Hall–Kier alpha value is -0.490. The Bertz CT molecular complexity index is 379. The van der Waals surface area contributed by atoms with Gasteiger partial charge in [0.1, 0.15) is 0 Å². The third-order valence-corrected chi connectivity index (χ3v) is 2.61. The molecule has 0 amide bonds. The van der Waals surface area contributed by atoms with Gasteiger partial charge in [-0.3, -0.25) is 0 Å². The van der Waals surface area contributed by atoms with E-state index in [0.29, 0.717) is 11.4 Å². The fourth-order valence-electron chi connectivity index (χ4n) is 1.08. The average Bonchev–Trinajstić information content (AvgIpc) is 2.14. The molecule has 1 unspecified atom stereocenters. The molecule has 0 saturated carbocycles. The van der Waals surface area contributed by atoms with Gasteiger partial charge in [0.15, 0.2) is 0 Å². The van der Waals surface area contributed by atoms with Crippen LogP contribution in [0.1, 0.15) is 25.0 Å². The van der Waals surface area contributed by atoms with Gasteiger partial charge >= 0.3 is 0 Å². The standard InChI is InChI=1S/C11H10BrClO/c1-2-3-4-11(14)9-6-5-8(12)7-10(9)13/h5-7,11,14H,4H2,1H3. The maximum absolute atomic E-state index is 9.72. The van der Waals surface area contributed by atoms with Crippen LogP contribution in [0.5, 0.6) is 0 Å². The van der Waals surface area contributed by atoms with Crippen molar-refractivity contribution in [1.82, 2.24) is 0 Å². The van der Waals surface area contributed by atoms with Gasteiger partial charge in [-0.25, -0.2) is 0 Å².